The molecule has 1 atom stereocenters. The van der Waals surface area contributed by atoms with Crippen molar-refractivity contribution in [1.29, 1.82) is 0 Å². The van der Waals surface area contributed by atoms with Crippen molar-refractivity contribution in [2.75, 3.05) is 14.2 Å². The largest absolute Gasteiger partial charge is 0.398 e. The molecule has 0 heterocycles. The van der Waals surface area contributed by atoms with Gasteiger partial charge in [-0.25, -0.2) is 0 Å². The Morgan fingerprint density at radius 3 is 2.40 bits per heavy atom. The highest BCUT2D eigenvalue weighted by Gasteiger charge is 2.28. The number of hydrogen-bond acceptors (Lipinski definition) is 3. The van der Waals surface area contributed by atoms with Crippen LogP contribution in [0, 0.1) is 5.92 Å². The van der Waals surface area contributed by atoms with Crippen LogP contribution < -0.4 is 0 Å². The molecule has 88 valence electrons. The van der Waals surface area contributed by atoms with E-state index in [4.69, 9.17) is 8.85 Å². The van der Waals surface area contributed by atoms with Gasteiger partial charge >= 0.3 is 8.56 Å². The van der Waals surface area contributed by atoms with Crippen LogP contribution in [0.1, 0.15) is 19.8 Å². The van der Waals surface area contributed by atoms with Crippen molar-refractivity contribution in [2.24, 2.45) is 5.92 Å². The van der Waals surface area contributed by atoms with Gasteiger partial charge < -0.3 is 8.85 Å². The zero-order chi connectivity index (χ0) is 11.9. The van der Waals surface area contributed by atoms with E-state index in [1.807, 2.05) is 13.5 Å². The SMILES string of the molecule is C=CC(=O)C(C)CCC[Si](C)(OC)OC. The molecule has 0 aromatic rings. The van der Waals surface area contributed by atoms with Gasteiger partial charge in [-0.15, -0.1) is 0 Å². The maximum Gasteiger partial charge on any atom is 0.334 e. The summed E-state index contributed by atoms with van der Waals surface area (Å²) in [5.41, 5.74) is 0. The van der Waals surface area contributed by atoms with E-state index in [9.17, 15) is 4.79 Å². The highest BCUT2D eigenvalue weighted by Crippen LogP contribution is 2.18. The van der Waals surface area contributed by atoms with Crippen molar-refractivity contribution in [2.45, 2.75) is 32.4 Å². The Labute approximate surface area is 93.7 Å². The van der Waals surface area contributed by atoms with Crippen LogP contribution in [0.3, 0.4) is 0 Å². The van der Waals surface area contributed by atoms with E-state index in [1.165, 1.54) is 6.08 Å². The van der Waals surface area contributed by atoms with Crippen LogP contribution in [0.5, 0.6) is 0 Å². The fourth-order valence-electron chi connectivity index (χ4n) is 1.36. The van der Waals surface area contributed by atoms with E-state index in [0.29, 0.717) is 0 Å². The quantitative estimate of drug-likeness (QED) is 0.475. The predicted molar refractivity (Wildman–Crippen MR) is 64.0 cm³/mol. The predicted octanol–water partition coefficient (Wildman–Crippen LogP) is 2.52. The van der Waals surface area contributed by atoms with Gasteiger partial charge in [-0.3, -0.25) is 4.79 Å². The zero-order valence-electron chi connectivity index (χ0n) is 10.2. The van der Waals surface area contributed by atoms with Crippen LogP contribution in [0.25, 0.3) is 0 Å². The third kappa shape index (κ3) is 5.25. The molecular weight excluding hydrogens is 208 g/mol. The second kappa shape index (κ2) is 6.93. The Morgan fingerprint density at radius 1 is 1.47 bits per heavy atom. The average molecular weight is 230 g/mol. The van der Waals surface area contributed by atoms with Crippen LogP contribution >= 0.6 is 0 Å². The van der Waals surface area contributed by atoms with Gasteiger partial charge in [0.05, 0.1) is 0 Å². The summed E-state index contributed by atoms with van der Waals surface area (Å²) in [6.07, 6.45) is 3.24. The summed E-state index contributed by atoms with van der Waals surface area (Å²) < 4.78 is 10.7. The van der Waals surface area contributed by atoms with Gasteiger partial charge in [0, 0.05) is 20.1 Å². The number of hydrogen-bond donors (Lipinski definition) is 0. The highest BCUT2D eigenvalue weighted by atomic mass is 28.4. The average Bonchev–Trinajstić information content (AvgIpc) is 2.27. The van der Waals surface area contributed by atoms with Crippen LogP contribution in [-0.2, 0) is 13.6 Å². The molecule has 0 N–H and O–H groups in total. The second-order valence-corrected chi connectivity index (χ2v) is 7.53. The first kappa shape index (κ1) is 14.5. The minimum atomic E-state index is -1.95. The van der Waals surface area contributed by atoms with E-state index in [2.05, 4.69) is 6.58 Å². The van der Waals surface area contributed by atoms with Gasteiger partial charge in [-0.05, 0) is 25.1 Å². The number of allylic oxidation sites excluding steroid dienone is 1. The van der Waals surface area contributed by atoms with Crippen LogP contribution in [0.4, 0.5) is 0 Å². The van der Waals surface area contributed by atoms with E-state index in [1.54, 1.807) is 14.2 Å². The molecule has 0 aromatic carbocycles. The molecule has 0 aromatic heterocycles. The van der Waals surface area contributed by atoms with E-state index in [-0.39, 0.29) is 11.7 Å². The summed E-state index contributed by atoms with van der Waals surface area (Å²) in [6, 6.07) is 0.925. The summed E-state index contributed by atoms with van der Waals surface area (Å²) in [5, 5.41) is 0. The molecular formula is C11H22O3Si. The first-order valence-corrected chi connectivity index (χ1v) is 7.78. The molecule has 0 spiro atoms. The van der Waals surface area contributed by atoms with Crippen LogP contribution in [-0.4, -0.2) is 28.6 Å². The van der Waals surface area contributed by atoms with E-state index in [0.717, 1.165) is 18.9 Å². The van der Waals surface area contributed by atoms with Crippen molar-refractivity contribution < 1.29 is 13.6 Å². The molecule has 0 aliphatic carbocycles. The second-order valence-electron chi connectivity index (χ2n) is 3.94. The number of rotatable bonds is 8. The molecule has 0 rings (SSSR count). The third-order valence-electron chi connectivity index (χ3n) is 2.82. The van der Waals surface area contributed by atoms with Gasteiger partial charge in [0.25, 0.3) is 0 Å². The number of ketones is 1. The Hall–Kier alpha value is -0.453. The Bertz CT molecular complexity index is 212. The first-order chi connectivity index (χ1) is 6.99. The molecule has 15 heavy (non-hydrogen) atoms. The van der Waals surface area contributed by atoms with Gasteiger partial charge in [0.15, 0.2) is 5.78 Å². The Morgan fingerprint density at radius 2 is 2.00 bits per heavy atom. The summed E-state index contributed by atoms with van der Waals surface area (Å²) in [7, 11) is 1.43. The maximum absolute atomic E-state index is 11.2. The lowest BCUT2D eigenvalue weighted by Crippen LogP contribution is -2.35. The molecule has 0 aliphatic rings. The number of carbonyl (C=O) groups is 1. The van der Waals surface area contributed by atoms with Gasteiger partial charge in [-0.2, -0.15) is 0 Å². The van der Waals surface area contributed by atoms with Crippen molar-refractivity contribution in [3.05, 3.63) is 12.7 Å². The summed E-state index contributed by atoms with van der Waals surface area (Å²) in [5.74, 6) is 0.183. The monoisotopic (exact) mass is 230 g/mol. The van der Waals surface area contributed by atoms with Crippen LogP contribution in [0.15, 0.2) is 12.7 Å². The molecule has 0 fully saturated rings. The maximum atomic E-state index is 11.2. The molecule has 0 radical (unpaired) electrons. The van der Waals surface area contributed by atoms with Crippen LogP contribution in [0.2, 0.25) is 12.6 Å². The molecule has 3 nitrogen and oxygen atoms in total. The van der Waals surface area contributed by atoms with E-state index >= 15 is 0 Å². The fraction of sp³-hybridized carbons (Fsp3) is 0.727. The summed E-state index contributed by atoms with van der Waals surface area (Å²) >= 11 is 0. The number of carbonyl (C=O) groups excluding carboxylic acids is 1. The normalized spacial score (nSPS) is 13.6. The third-order valence-corrected chi connectivity index (χ3v) is 5.81. The van der Waals surface area contributed by atoms with Crippen molar-refractivity contribution in [3.8, 4) is 0 Å². The molecule has 1 unspecified atom stereocenters. The zero-order valence-corrected chi connectivity index (χ0v) is 11.2. The molecule has 0 amide bonds. The van der Waals surface area contributed by atoms with Crippen molar-refractivity contribution in [3.63, 3.8) is 0 Å². The van der Waals surface area contributed by atoms with E-state index < -0.39 is 8.56 Å². The lowest BCUT2D eigenvalue weighted by molar-refractivity contribution is -0.117. The minimum absolute atomic E-state index is 0.0643. The van der Waals surface area contributed by atoms with Crippen molar-refractivity contribution in [1.82, 2.24) is 0 Å². The molecule has 0 saturated heterocycles. The lowest BCUT2D eigenvalue weighted by Gasteiger charge is -2.22. The van der Waals surface area contributed by atoms with Crippen molar-refractivity contribution >= 4 is 14.3 Å². The van der Waals surface area contributed by atoms with Gasteiger partial charge in [0.1, 0.15) is 0 Å². The summed E-state index contributed by atoms with van der Waals surface area (Å²) in [4.78, 5) is 11.2. The molecule has 0 aliphatic heterocycles. The topological polar surface area (TPSA) is 35.5 Å². The lowest BCUT2D eigenvalue weighted by atomic mass is 10.0. The fourth-order valence-corrected chi connectivity index (χ4v) is 2.78. The molecule has 0 saturated carbocycles. The molecule has 0 bridgehead atoms. The minimum Gasteiger partial charge on any atom is -0.398 e. The summed E-state index contributed by atoms with van der Waals surface area (Å²) in [6.45, 7) is 7.45. The Kier molecular flexibility index (Phi) is 6.72. The van der Waals surface area contributed by atoms with Gasteiger partial charge in [-0.1, -0.05) is 19.9 Å². The standard InChI is InChI=1S/C11H22O3Si/c1-6-11(12)10(2)8-7-9-15(5,13-3)14-4/h6,10H,1,7-9H2,2-5H3. The van der Waals surface area contributed by atoms with Gasteiger partial charge in [0.2, 0.25) is 0 Å². The highest BCUT2D eigenvalue weighted by molar-refractivity contribution is 6.65. The first-order valence-electron chi connectivity index (χ1n) is 5.25. The smallest absolute Gasteiger partial charge is 0.334 e. The Balaban J connectivity index is 3.87. The molecule has 4 heteroatoms.